The molecule has 1 saturated heterocycles. The number of aromatic nitrogens is 5. The maximum atomic E-state index is 5.39. The van der Waals surface area contributed by atoms with Crippen LogP contribution in [0.1, 0.15) is 13.3 Å². The highest BCUT2D eigenvalue weighted by atomic mass is 16.5. The summed E-state index contributed by atoms with van der Waals surface area (Å²) in [5.74, 6) is 1.37. The first kappa shape index (κ1) is 14.9. The molecule has 9 nitrogen and oxygen atoms in total. The minimum absolute atomic E-state index is 0.569. The molecule has 0 aromatic carbocycles. The molecule has 3 rings (SSSR count). The number of nitrogens with zero attached hydrogens (tertiary/aromatic N) is 5. The van der Waals surface area contributed by atoms with Gasteiger partial charge in [-0.15, -0.1) is 5.10 Å². The molecule has 22 heavy (non-hydrogen) atoms. The number of H-pyrrole nitrogens is 1. The van der Waals surface area contributed by atoms with Crippen molar-refractivity contribution in [3.8, 4) is 0 Å². The standard InChI is InChI=1S/C13H21N7O2/c1-2-21-7-3-4-14-13-15-11-10(17-19-18-11)12(16-13)20-5-8-22-9-6-20/h2-9H2,1H3,(H2,14,15,16,17,18,19). The van der Waals surface area contributed by atoms with Gasteiger partial charge in [-0.1, -0.05) is 0 Å². The van der Waals surface area contributed by atoms with Crippen LogP contribution >= 0.6 is 0 Å². The molecule has 1 aliphatic rings. The molecule has 2 aromatic heterocycles. The van der Waals surface area contributed by atoms with E-state index in [9.17, 15) is 0 Å². The Morgan fingerprint density at radius 2 is 2.14 bits per heavy atom. The van der Waals surface area contributed by atoms with Crippen LogP contribution in [-0.4, -0.2) is 71.4 Å². The lowest BCUT2D eigenvalue weighted by molar-refractivity contribution is 0.122. The number of morpholine rings is 1. The van der Waals surface area contributed by atoms with Crippen molar-refractivity contribution < 1.29 is 9.47 Å². The summed E-state index contributed by atoms with van der Waals surface area (Å²) in [4.78, 5) is 11.1. The molecule has 0 amide bonds. The van der Waals surface area contributed by atoms with Crippen molar-refractivity contribution in [2.75, 3.05) is 56.3 Å². The second-order valence-corrected chi connectivity index (χ2v) is 4.94. The fraction of sp³-hybridized carbons (Fsp3) is 0.692. The Morgan fingerprint density at radius 1 is 1.27 bits per heavy atom. The molecule has 1 aliphatic heterocycles. The highest BCUT2D eigenvalue weighted by Crippen LogP contribution is 2.22. The highest BCUT2D eigenvalue weighted by Gasteiger charge is 2.19. The summed E-state index contributed by atoms with van der Waals surface area (Å²) >= 11 is 0. The second kappa shape index (κ2) is 7.32. The molecule has 120 valence electrons. The van der Waals surface area contributed by atoms with Crippen LogP contribution in [0.2, 0.25) is 0 Å². The van der Waals surface area contributed by atoms with Gasteiger partial charge < -0.3 is 19.7 Å². The lowest BCUT2D eigenvalue weighted by Gasteiger charge is -2.27. The van der Waals surface area contributed by atoms with Crippen LogP contribution in [0.15, 0.2) is 0 Å². The molecule has 2 aromatic rings. The summed E-state index contributed by atoms with van der Waals surface area (Å²) in [6.07, 6.45) is 0.904. The number of fused-ring (bicyclic) bond motifs is 1. The minimum atomic E-state index is 0.569. The van der Waals surface area contributed by atoms with E-state index in [-0.39, 0.29) is 0 Å². The van der Waals surface area contributed by atoms with Gasteiger partial charge in [-0.05, 0) is 13.3 Å². The van der Waals surface area contributed by atoms with E-state index in [1.54, 1.807) is 0 Å². The van der Waals surface area contributed by atoms with Crippen molar-refractivity contribution in [2.24, 2.45) is 0 Å². The lowest BCUT2D eigenvalue weighted by atomic mass is 10.3. The number of nitrogens with one attached hydrogen (secondary N) is 2. The first-order valence-corrected chi connectivity index (χ1v) is 7.61. The van der Waals surface area contributed by atoms with E-state index in [0.717, 1.165) is 45.1 Å². The predicted octanol–water partition coefficient (Wildman–Crippen LogP) is 0.423. The quantitative estimate of drug-likeness (QED) is 0.710. The molecule has 0 bridgehead atoms. The average Bonchev–Trinajstić information content (AvgIpc) is 3.03. The summed E-state index contributed by atoms with van der Waals surface area (Å²) in [6.45, 7) is 7.19. The summed E-state index contributed by atoms with van der Waals surface area (Å²) in [7, 11) is 0. The molecule has 3 heterocycles. The number of aromatic amines is 1. The van der Waals surface area contributed by atoms with Gasteiger partial charge in [-0.2, -0.15) is 20.3 Å². The summed E-state index contributed by atoms with van der Waals surface area (Å²) < 4.78 is 10.7. The smallest absolute Gasteiger partial charge is 0.226 e. The van der Waals surface area contributed by atoms with E-state index >= 15 is 0 Å². The van der Waals surface area contributed by atoms with Crippen LogP contribution in [0.5, 0.6) is 0 Å². The number of rotatable bonds is 7. The molecule has 0 aliphatic carbocycles. The molecule has 9 heteroatoms. The molecule has 0 atom stereocenters. The van der Waals surface area contributed by atoms with E-state index in [4.69, 9.17) is 9.47 Å². The van der Waals surface area contributed by atoms with Crippen LogP contribution in [0.3, 0.4) is 0 Å². The molecule has 0 radical (unpaired) electrons. The van der Waals surface area contributed by atoms with Crippen molar-refractivity contribution in [1.82, 2.24) is 25.4 Å². The number of hydrogen-bond acceptors (Lipinski definition) is 8. The Kier molecular flexibility index (Phi) is 4.96. The molecule has 0 spiro atoms. The van der Waals surface area contributed by atoms with E-state index < -0.39 is 0 Å². The van der Waals surface area contributed by atoms with E-state index in [1.165, 1.54) is 0 Å². The zero-order valence-electron chi connectivity index (χ0n) is 12.7. The normalized spacial score (nSPS) is 15.4. The Hall–Kier alpha value is -2.00. The van der Waals surface area contributed by atoms with Gasteiger partial charge in [0.1, 0.15) is 0 Å². The zero-order chi connectivity index (χ0) is 15.2. The SMILES string of the molecule is CCOCCCNc1nc(N2CCOCC2)c2n[nH]nc2n1. The summed E-state index contributed by atoms with van der Waals surface area (Å²) in [5.41, 5.74) is 1.27. The molecule has 0 saturated carbocycles. The van der Waals surface area contributed by atoms with E-state index in [1.807, 2.05) is 6.92 Å². The summed E-state index contributed by atoms with van der Waals surface area (Å²) in [5, 5.41) is 14.1. The van der Waals surface area contributed by atoms with Crippen LogP contribution in [-0.2, 0) is 9.47 Å². The van der Waals surface area contributed by atoms with Crippen molar-refractivity contribution in [2.45, 2.75) is 13.3 Å². The van der Waals surface area contributed by atoms with Gasteiger partial charge in [-0.25, -0.2) is 0 Å². The molecular formula is C13H21N7O2. The highest BCUT2D eigenvalue weighted by molar-refractivity contribution is 5.83. The van der Waals surface area contributed by atoms with Crippen molar-refractivity contribution in [3.63, 3.8) is 0 Å². The topological polar surface area (TPSA) is 101 Å². The van der Waals surface area contributed by atoms with Gasteiger partial charge >= 0.3 is 0 Å². The number of hydrogen-bond donors (Lipinski definition) is 2. The average molecular weight is 307 g/mol. The van der Waals surface area contributed by atoms with Crippen LogP contribution in [0.4, 0.5) is 11.8 Å². The molecule has 2 N–H and O–H groups in total. The van der Waals surface area contributed by atoms with Gasteiger partial charge in [0.25, 0.3) is 0 Å². The number of anilines is 2. The third kappa shape index (κ3) is 3.42. The van der Waals surface area contributed by atoms with Crippen molar-refractivity contribution >= 4 is 22.9 Å². The Balaban J connectivity index is 1.73. The third-order valence-corrected chi connectivity index (χ3v) is 3.43. The Bertz CT molecular complexity index is 597. The van der Waals surface area contributed by atoms with Gasteiger partial charge in [-0.3, -0.25) is 0 Å². The maximum absolute atomic E-state index is 5.39. The Labute approximate surface area is 128 Å². The fourth-order valence-electron chi connectivity index (χ4n) is 2.33. The third-order valence-electron chi connectivity index (χ3n) is 3.43. The lowest BCUT2D eigenvalue weighted by Crippen LogP contribution is -2.37. The number of ether oxygens (including phenoxy) is 2. The van der Waals surface area contributed by atoms with Crippen LogP contribution < -0.4 is 10.2 Å². The van der Waals surface area contributed by atoms with Crippen LogP contribution in [0.25, 0.3) is 11.2 Å². The Morgan fingerprint density at radius 3 is 2.95 bits per heavy atom. The van der Waals surface area contributed by atoms with E-state index in [0.29, 0.717) is 30.3 Å². The fourth-order valence-corrected chi connectivity index (χ4v) is 2.33. The predicted molar refractivity (Wildman–Crippen MR) is 82.1 cm³/mol. The van der Waals surface area contributed by atoms with E-state index in [2.05, 4.69) is 35.6 Å². The van der Waals surface area contributed by atoms with Gasteiger partial charge in [0.2, 0.25) is 11.6 Å². The largest absolute Gasteiger partial charge is 0.382 e. The first-order valence-electron chi connectivity index (χ1n) is 7.61. The molecular weight excluding hydrogens is 286 g/mol. The van der Waals surface area contributed by atoms with Crippen molar-refractivity contribution in [1.29, 1.82) is 0 Å². The molecule has 1 fully saturated rings. The maximum Gasteiger partial charge on any atom is 0.226 e. The van der Waals surface area contributed by atoms with Gasteiger partial charge in [0.05, 0.1) is 13.2 Å². The minimum Gasteiger partial charge on any atom is -0.382 e. The monoisotopic (exact) mass is 307 g/mol. The van der Waals surface area contributed by atoms with Gasteiger partial charge in [0, 0.05) is 32.8 Å². The molecule has 0 unspecified atom stereocenters. The second-order valence-electron chi connectivity index (χ2n) is 4.94. The zero-order valence-corrected chi connectivity index (χ0v) is 12.7. The summed E-state index contributed by atoms with van der Waals surface area (Å²) in [6, 6.07) is 0. The van der Waals surface area contributed by atoms with Gasteiger partial charge in [0.15, 0.2) is 11.3 Å². The van der Waals surface area contributed by atoms with Crippen LogP contribution in [0, 0.1) is 0 Å². The van der Waals surface area contributed by atoms with Crippen molar-refractivity contribution in [3.05, 3.63) is 0 Å². The first-order chi connectivity index (χ1) is 10.9.